The lowest BCUT2D eigenvalue weighted by Crippen LogP contribution is -2.47. The van der Waals surface area contributed by atoms with E-state index in [0.29, 0.717) is 11.8 Å². The molecule has 2 nitrogen and oxygen atoms in total. The Morgan fingerprint density at radius 2 is 1.86 bits per heavy atom. The Kier molecular flexibility index (Phi) is 1.77. The lowest BCUT2D eigenvalue weighted by molar-refractivity contribution is 0.0831. The first kappa shape index (κ1) is 8.30. The molecule has 2 bridgehead atoms. The summed E-state index contributed by atoms with van der Waals surface area (Å²) in [5.41, 5.74) is 1.32. The van der Waals surface area contributed by atoms with E-state index < -0.39 is 0 Å². The van der Waals surface area contributed by atoms with Crippen LogP contribution in [0.2, 0.25) is 0 Å². The van der Waals surface area contributed by atoms with E-state index in [1.165, 1.54) is 24.9 Å². The minimum atomic E-state index is 0.357. The number of nitrogens with one attached hydrogen (secondary N) is 1. The molecule has 2 heterocycles. The van der Waals surface area contributed by atoms with Gasteiger partial charge in [0.1, 0.15) is 5.75 Å². The van der Waals surface area contributed by atoms with Crippen molar-refractivity contribution in [3.8, 4) is 5.75 Å². The Labute approximate surface area is 84.0 Å². The number of phenols is 1. The molecule has 0 aromatic heterocycles. The minimum Gasteiger partial charge on any atom is -0.508 e. The SMILES string of the molecule is Oc1ccc(C2NCC3CC2C3)cc1. The molecule has 3 fully saturated rings. The van der Waals surface area contributed by atoms with Crippen LogP contribution in [0.25, 0.3) is 0 Å². The predicted octanol–water partition coefficient (Wildman–Crippen LogP) is 2.06. The van der Waals surface area contributed by atoms with Gasteiger partial charge < -0.3 is 10.4 Å². The van der Waals surface area contributed by atoms with Crippen LogP contribution in [-0.2, 0) is 0 Å². The van der Waals surface area contributed by atoms with Crippen molar-refractivity contribution in [2.24, 2.45) is 11.8 Å². The van der Waals surface area contributed by atoms with Crippen LogP contribution in [0, 0.1) is 11.8 Å². The molecule has 0 spiro atoms. The fourth-order valence-corrected chi connectivity index (χ4v) is 2.76. The average molecular weight is 189 g/mol. The van der Waals surface area contributed by atoms with Crippen LogP contribution in [-0.4, -0.2) is 11.7 Å². The van der Waals surface area contributed by atoms with E-state index in [-0.39, 0.29) is 0 Å². The summed E-state index contributed by atoms with van der Waals surface area (Å²) in [5.74, 6) is 2.13. The molecule has 4 rings (SSSR count). The van der Waals surface area contributed by atoms with Gasteiger partial charge in [0, 0.05) is 6.04 Å². The van der Waals surface area contributed by atoms with Crippen molar-refractivity contribution < 1.29 is 5.11 Å². The maximum absolute atomic E-state index is 9.21. The third-order valence-corrected chi connectivity index (χ3v) is 3.62. The molecule has 0 radical (unpaired) electrons. The minimum absolute atomic E-state index is 0.357. The smallest absolute Gasteiger partial charge is 0.115 e. The van der Waals surface area contributed by atoms with Crippen LogP contribution in [0.3, 0.4) is 0 Å². The zero-order chi connectivity index (χ0) is 9.54. The number of piperidine rings is 2. The second-order valence-corrected chi connectivity index (χ2v) is 4.57. The topological polar surface area (TPSA) is 32.3 Å². The number of fused-ring (bicyclic) bond motifs is 2. The highest BCUT2D eigenvalue weighted by Gasteiger charge is 2.40. The summed E-state index contributed by atoms with van der Waals surface area (Å²) in [7, 11) is 0. The Morgan fingerprint density at radius 3 is 2.43 bits per heavy atom. The van der Waals surface area contributed by atoms with Gasteiger partial charge in [-0.3, -0.25) is 0 Å². The van der Waals surface area contributed by atoms with Gasteiger partial charge in [-0.15, -0.1) is 0 Å². The van der Waals surface area contributed by atoms with E-state index in [1.807, 2.05) is 12.1 Å². The van der Waals surface area contributed by atoms with Crippen molar-refractivity contribution in [1.82, 2.24) is 5.32 Å². The maximum atomic E-state index is 9.21. The van der Waals surface area contributed by atoms with E-state index >= 15 is 0 Å². The van der Waals surface area contributed by atoms with Gasteiger partial charge in [-0.05, 0) is 48.9 Å². The van der Waals surface area contributed by atoms with Gasteiger partial charge >= 0.3 is 0 Å². The molecule has 0 amide bonds. The highest BCUT2D eigenvalue weighted by molar-refractivity contribution is 5.29. The maximum Gasteiger partial charge on any atom is 0.115 e. The van der Waals surface area contributed by atoms with Gasteiger partial charge in [0.2, 0.25) is 0 Å². The first-order valence-corrected chi connectivity index (χ1v) is 5.35. The van der Waals surface area contributed by atoms with E-state index in [9.17, 15) is 5.11 Å². The van der Waals surface area contributed by atoms with Gasteiger partial charge in [-0.2, -0.15) is 0 Å². The van der Waals surface area contributed by atoms with Crippen LogP contribution < -0.4 is 5.32 Å². The van der Waals surface area contributed by atoms with Crippen LogP contribution in [0.1, 0.15) is 24.4 Å². The van der Waals surface area contributed by atoms with E-state index in [2.05, 4.69) is 5.32 Å². The highest BCUT2D eigenvalue weighted by atomic mass is 16.3. The van der Waals surface area contributed by atoms with Crippen LogP contribution in [0.4, 0.5) is 0 Å². The number of phenolic OH excluding ortho intramolecular Hbond substituents is 1. The monoisotopic (exact) mass is 189 g/mol. The normalized spacial score (nSPS) is 35.0. The van der Waals surface area contributed by atoms with E-state index in [4.69, 9.17) is 0 Å². The molecule has 2 saturated heterocycles. The Hall–Kier alpha value is -1.02. The molecule has 1 saturated carbocycles. The van der Waals surface area contributed by atoms with Crippen molar-refractivity contribution in [1.29, 1.82) is 0 Å². The molecular formula is C12H15NO. The van der Waals surface area contributed by atoms with Crippen molar-refractivity contribution in [3.63, 3.8) is 0 Å². The fourth-order valence-electron chi connectivity index (χ4n) is 2.76. The molecule has 74 valence electrons. The standard InChI is InChI=1S/C12H15NO/c14-11-3-1-9(2-4-11)12-10-5-8(6-10)7-13-12/h1-4,8,10,12-14H,5-7H2. The van der Waals surface area contributed by atoms with E-state index in [1.54, 1.807) is 12.1 Å². The summed E-state index contributed by atoms with van der Waals surface area (Å²) in [6.07, 6.45) is 2.77. The number of hydrogen-bond donors (Lipinski definition) is 2. The molecule has 14 heavy (non-hydrogen) atoms. The van der Waals surface area contributed by atoms with E-state index in [0.717, 1.165) is 11.8 Å². The molecule has 2 heteroatoms. The number of benzene rings is 1. The third-order valence-electron chi connectivity index (χ3n) is 3.62. The average Bonchev–Trinajstić information content (AvgIpc) is 2.18. The molecule has 2 N–H and O–H groups in total. The molecule has 2 aliphatic heterocycles. The summed E-state index contributed by atoms with van der Waals surface area (Å²) >= 11 is 0. The Balaban J connectivity index is 1.83. The molecule has 1 aromatic carbocycles. The molecule has 1 aliphatic carbocycles. The lowest BCUT2D eigenvalue weighted by atomic mass is 9.66. The van der Waals surface area contributed by atoms with Crippen molar-refractivity contribution in [2.75, 3.05) is 6.54 Å². The molecular weight excluding hydrogens is 174 g/mol. The van der Waals surface area contributed by atoms with Crippen LogP contribution in [0.5, 0.6) is 5.75 Å². The number of aromatic hydroxyl groups is 1. The summed E-state index contributed by atoms with van der Waals surface area (Å²) in [6.45, 7) is 1.17. The summed E-state index contributed by atoms with van der Waals surface area (Å²) < 4.78 is 0. The second kappa shape index (κ2) is 2.99. The van der Waals surface area contributed by atoms with Gasteiger partial charge in [0.25, 0.3) is 0 Å². The molecule has 3 aliphatic rings. The van der Waals surface area contributed by atoms with Crippen LogP contribution in [0.15, 0.2) is 24.3 Å². The molecule has 1 aromatic rings. The summed E-state index contributed by atoms with van der Waals surface area (Å²) in [6, 6.07) is 8.15. The first-order valence-electron chi connectivity index (χ1n) is 5.35. The van der Waals surface area contributed by atoms with Crippen LogP contribution >= 0.6 is 0 Å². The van der Waals surface area contributed by atoms with Gasteiger partial charge in [0.05, 0.1) is 0 Å². The van der Waals surface area contributed by atoms with Crippen molar-refractivity contribution in [3.05, 3.63) is 29.8 Å². The highest BCUT2D eigenvalue weighted by Crippen LogP contribution is 2.45. The second-order valence-electron chi connectivity index (χ2n) is 4.57. The Bertz CT molecular complexity index is 324. The van der Waals surface area contributed by atoms with Gasteiger partial charge in [-0.1, -0.05) is 12.1 Å². The molecule has 1 unspecified atom stereocenters. The quantitative estimate of drug-likeness (QED) is 0.708. The Morgan fingerprint density at radius 1 is 1.14 bits per heavy atom. The predicted molar refractivity (Wildman–Crippen MR) is 55.1 cm³/mol. The lowest BCUT2D eigenvalue weighted by Gasteiger charge is -2.47. The zero-order valence-corrected chi connectivity index (χ0v) is 8.11. The third kappa shape index (κ3) is 1.22. The largest absolute Gasteiger partial charge is 0.508 e. The fraction of sp³-hybridized carbons (Fsp3) is 0.500. The number of rotatable bonds is 1. The number of hydrogen-bond acceptors (Lipinski definition) is 2. The molecule has 1 atom stereocenters. The van der Waals surface area contributed by atoms with Gasteiger partial charge in [0.15, 0.2) is 0 Å². The van der Waals surface area contributed by atoms with Crippen molar-refractivity contribution >= 4 is 0 Å². The summed E-state index contributed by atoms with van der Waals surface area (Å²) in [5, 5.41) is 12.8. The zero-order valence-electron chi connectivity index (χ0n) is 8.11. The summed E-state index contributed by atoms with van der Waals surface area (Å²) in [4.78, 5) is 0. The first-order chi connectivity index (χ1) is 6.83. The van der Waals surface area contributed by atoms with Crippen molar-refractivity contribution in [2.45, 2.75) is 18.9 Å². The van der Waals surface area contributed by atoms with Gasteiger partial charge in [-0.25, -0.2) is 0 Å².